The minimum Gasteiger partial charge on any atom is -0.544 e. The first-order valence-corrected chi connectivity index (χ1v) is 15.6. The summed E-state index contributed by atoms with van der Waals surface area (Å²) in [6.07, 6.45) is 17.2. The summed E-state index contributed by atoms with van der Waals surface area (Å²) in [6, 6.07) is -0.715. The molecule has 2 unspecified atom stereocenters. The van der Waals surface area contributed by atoms with Crippen molar-refractivity contribution in [1.82, 2.24) is 0 Å². The van der Waals surface area contributed by atoms with Crippen molar-refractivity contribution in [2.45, 2.75) is 142 Å². The molecule has 230 valence electrons. The van der Waals surface area contributed by atoms with Gasteiger partial charge in [0.15, 0.2) is 6.10 Å². The summed E-state index contributed by atoms with van der Waals surface area (Å²) in [4.78, 5) is 36.2. The van der Waals surface area contributed by atoms with Crippen LogP contribution in [0.3, 0.4) is 0 Å². The number of likely N-dealkylation sites (N-methyl/N-ethyl adjacent to an activating group) is 1. The molecular formula is C31H59NO7. The Labute approximate surface area is 238 Å². The van der Waals surface area contributed by atoms with Gasteiger partial charge >= 0.3 is 11.9 Å². The van der Waals surface area contributed by atoms with E-state index in [0.717, 1.165) is 38.5 Å². The number of carbonyl (C=O) groups is 3. The third-order valence-electron chi connectivity index (χ3n) is 6.99. The van der Waals surface area contributed by atoms with Gasteiger partial charge in [0.1, 0.15) is 12.6 Å². The number of rotatable bonds is 27. The van der Waals surface area contributed by atoms with Crippen molar-refractivity contribution >= 4 is 17.9 Å². The van der Waals surface area contributed by atoms with Crippen LogP contribution < -0.4 is 5.11 Å². The van der Waals surface area contributed by atoms with Crippen LogP contribution >= 0.6 is 0 Å². The van der Waals surface area contributed by atoms with Crippen molar-refractivity contribution in [3.63, 3.8) is 0 Å². The third kappa shape index (κ3) is 22.8. The number of quaternary nitrogens is 1. The molecule has 0 heterocycles. The smallest absolute Gasteiger partial charge is 0.306 e. The van der Waals surface area contributed by atoms with Crippen molar-refractivity contribution in [3.05, 3.63) is 0 Å². The zero-order valence-corrected chi connectivity index (χ0v) is 25.8. The molecule has 0 aromatic heterocycles. The number of nitrogens with zero attached hydrogens (tertiary/aromatic N) is 1. The van der Waals surface area contributed by atoms with E-state index in [2.05, 4.69) is 13.8 Å². The highest BCUT2D eigenvalue weighted by molar-refractivity contribution is 5.70. The lowest BCUT2D eigenvalue weighted by atomic mass is 10.1. The summed E-state index contributed by atoms with van der Waals surface area (Å²) in [7, 11) is 5.38. The number of carbonyl (C=O) groups excluding carboxylic acids is 3. The number of carboxylic acids is 1. The second-order valence-electron chi connectivity index (χ2n) is 11.7. The zero-order chi connectivity index (χ0) is 29.4. The number of unbranched alkanes of at least 4 members (excludes halogenated alkanes) is 13. The normalized spacial score (nSPS) is 13.2. The first-order chi connectivity index (χ1) is 18.6. The fourth-order valence-electron chi connectivity index (χ4n) is 4.48. The fraction of sp³-hybridized carbons (Fsp3) is 0.903. The van der Waals surface area contributed by atoms with Crippen LogP contribution in [0.15, 0.2) is 0 Å². The summed E-state index contributed by atoms with van der Waals surface area (Å²) in [6.45, 7) is 4.56. The molecule has 2 atom stereocenters. The topological polar surface area (TPSA) is 102 Å². The van der Waals surface area contributed by atoms with E-state index < -0.39 is 18.1 Å². The molecule has 0 radical (unpaired) electrons. The zero-order valence-electron chi connectivity index (χ0n) is 25.8. The average molecular weight is 558 g/mol. The first kappa shape index (κ1) is 37.3. The van der Waals surface area contributed by atoms with E-state index in [1.54, 1.807) is 21.1 Å². The van der Waals surface area contributed by atoms with E-state index in [0.29, 0.717) is 12.8 Å². The van der Waals surface area contributed by atoms with Crippen LogP contribution in [0.25, 0.3) is 0 Å². The fourth-order valence-corrected chi connectivity index (χ4v) is 4.48. The highest BCUT2D eigenvalue weighted by Crippen LogP contribution is 2.12. The second-order valence-corrected chi connectivity index (χ2v) is 11.7. The van der Waals surface area contributed by atoms with Gasteiger partial charge in [0.05, 0.1) is 40.3 Å². The average Bonchev–Trinajstić information content (AvgIpc) is 2.86. The molecule has 0 aromatic carbocycles. The van der Waals surface area contributed by atoms with E-state index in [4.69, 9.17) is 14.2 Å². The Morgan fingerprint density at radius 3 is 1.59 bits per heavy atom. The number of aliphatic carboxylic acids is 1. The Morgan fingerprint density at radius 2 is 1.13 bits per heavy atom. The largest absolute Gasteiger partial charge is 0.544 e. The highest BCUT2D eigenvalue weighted by Gasteiger charge is 2.25. The van der Waals surface area contributed by atoms with Crippen LogP contribution in [0.1, 0.15) is 129 Å². The molecule has 0 saturated carbocycles. The minimum absolute atomic E-state index is 0.0463. The molecular weight excluding hydrogens is 498 g/mol. The van der Waals surface area contributed by atoms with Crippen LogP contribution in [0.2, 0.25) is 0 Å². The molecule has 0 N–H and O–H groups in total. The second kappa shape index (κ2) is 24.2. The predicted molar refractivity (Wildman–Crippen MR) is 153 cm³/mol. The van der Waals surface area contributed by atoms with Gasteiger partial charge in [-0.25, -0.2) is 0 Å². The van der Waals surface area contributed by atoms with Gasteiger partial charge in [-0.15, -0.1) is 0 Å². The van der Waals surface area contributed by atoms with E-state index in [1.165, 1.54) is 57.8 Å². The number of esters is 2. The van der Waals surface area contributed by atoms with Crippen molar-refractivity contribution < 1.29 is 38.2 Å². The summed E-state index contributed by atoms with van der Waals surface area (Å²) in [5.74, 6) is -1.75. The number of hydrogen-bond donors (Lipinski definition) is 0. The Bertz CT molecular complexity index is 633. The van der Waals surface area contributed by atoms with Crippen LogP contribution in [-0.4, -0.2) is 75.5 Å². The maximum Gasteiger partial charge on any atom is 0.306 e. The van der Waals surface area contributed by atoms with Crippen molar-refractivity contribution in [2.24, 2.45) is 0 Å². The molecule has 0 amide bonds. The number of ether oxygens (including phenoxy) is 3. The van der Waals surface area contributed by atoms with Gasteiger partial charge in [-0.1, -0.05) is 97.3 Å². The highest BCUT2D eigenvalue weighted by atomic mass is 16.6. The van der Waals surface area contributed by atoms with E-state index >= 15 is 0 Å². The molecule has 8 nitrogen and oxygen atoms in total. The van der Waals surface area contributed by atoms with Crippen molar-refractivity contribution in [3.8, 4) is 0 Å². The number of hydrogen-bond acceptors (Lipinski definition) is 7. The monoisotopic (exact) mass is 557 g/mol. The van der Waals surface area contributed by atoms with Crippen LogP contribution in [0.4, 0.5) is 0 Å². The van der Waals surface area contributed by atoms with Gasteiger partial charge in [-0.2, -0.15) is 0 Å². The standard InChI is InChI=1S/C31H59NO7/c1-6-8-10-12-14-16-17-19-21-29(33)38-26-27(25-37-24-23-28(31(35)36)32(3,4)5)39-30(34)22-20-18-15-13-11-9-7-2/h27-28H,6-26H2,1-5H3. The third-order valence-corrected chi connectivity index (χ3v) is 6.99. The lowest BCUT2D eigenvalue weighted by molar-refractivity contribution is -0.889. The molecule has 0 aromatic rings. The summed E-state index contributed by atoms with van der Waals surface area (Å²) < 4.78 is 16.9. The molecule has 39 heavy (non-hydrogen) atoms. The van der Waals surface area contributed by atoms with Crippen LogP contribution in [0.5, 0.6) is 0 Å². The van der Waals surface area contributed by atoms with Gasteiger partial charge < -0.3 is 28.6 Å². The van der Waals surface area contributed by atoms with Crippen LogP contribution in [-0.2, 0) is 28.6 Å². The van der Waals surface area contributed by atoms with E-state index in [1.807, 2.05) is 0 Å². The lowest BCUT2D eigenvalue weighted by Gasteiger charge is -2.34. The SMILES string of the molecule is CCCCCCCCCCC(=O)OCC(COCCC(C(=O)[O-])[N+](C)(C)C)OC(=O)CCCCCCCCC. The molecule has 0 fully saturated rings. The summed E-state index contributed by atoms with van der Waals surface area (Å²) in [5, 5.41) is 11.5. The molecule has 0 rings (SSSR count). The Hall–Kier alpha value is -1.67. The molecule has 0 spiro atoms. The van der Waals surface area contributed by atoms with E-state index in [9.17, 15) is 19.5 Å². The molecule has 0 aliphatic heterocycles. The first-order valence-electron chi connectivity index (χ1n) is 15.6. The summed E-state index contributed by atoms with van der Waals surface area (Å²) >= 11 is 0. The van der Waals surface area contributed by atoms with Gasteiger partial charge in [-0.05, 0) is 12.8 Å². The van der Waals surface area contributed by atoms with Gasteiger partial charge in [0.2, 0.25) is 0 Å². The quantitative estimate of drug-likeness (QED) is 0.0763. The van der Waals surface area contributed by atoms with Gasteiger partial charge in [0, 0.05) is 19.3 Å². The molecule has 0 bridgehead atoms. The molecule has 0 saturated heterocycles. The molecule has 0 aliphatic carbocycles. The van der Waals surface area contributed by atoms with E-state index in [-0.39, 0.29) is 42.7 Å². The lowest BCUT2D eigenvalue weighted by Crippen LogP contribution is -2.55. The Kier molecular flexibility index (Phi) is 23.1. The van der Waals surface area contributed by atoms with Crippen molar-refractivity contribution in [1.29, 1.82) is 0 Å². The Morgan fingerprint density at radius 1 is 0.667 bits per heavy atom. The van der Waals surface area contributed by atoms with Gasteiger partial charge in [-0.3, -0.25) is 9.59 Å². The van der Waals surface area contributed by atoms with Crippen molar-refractivity contribution in [2.75, 3.05) is 41.0 Å². The van der Waals surface area contributed by atoms with Crippen LogP contribution in [0, 0.1) is 0 Å². The number of carboxylic acid groups (broad SMARTS) is 1. The maximum absolute atomic E-state index is 12.4. The summed E-state index contributed by atoms with van der Waals surface area (Å²) in [5.41, 5.74) is 0. The van der Waals surface area contributed by atoms with Gasteiger partial charge in [0.25, 0.3) is 0 Å². The molecule has 0 aliphatic rings. The maximum atomic E-state index is 12.4. The minimum atomic E-state index is -1.13. The predicted octanol–water partition coefficient (Wildman–Crippen LogP) is 5.34. The molecule has 8 heteroatoms. The Balaban J connectivity index is 4.51.